The molecule has 1 aliphatic heterocycles. The molecule has 0 spiro atoms. The average Bonchev–Trinajstić information content (AvgIpc) is 2.98. The van der Waals surface area contributed by atoms with Crippen LogP contribution in [0.2, 0.25) is 0 Å². The first-order valence-electron chi connectivity index (χ1n) is 8.07. The zero-order valence-electron chi connectivity index (χ0n) is 14.3. The van der Waals surface area contributed by atoms with Crippen molar-refractivity contribution in [2.24, 2.45) is 0 Å². The molecule has 0 radical (unpaired) electrons. The summed E-state index contributed by atoms with van der Waals surface area (Å²) < 4.78 is 34.8. The van der Waals surface area contributed by atoms with Crippen LogP contribution in [-0.2, 0) is 27.8 Å². The largest absolute Gasteiger partial charge is 0.384 e. The van der Waals surface area contributed by atoms with E-state index in [9.17, 15) is 8.42 Å². The molecule has 0 fully saturated rings. The van der Waals surface area contributed by atoms with Crippen LogP contribution in [0.5, 0.6) is 0 Å². The lowest BCUT2D eigenvalue weighted by molar-refractivity contribution is 0.161. The summed E-state index contributed by atoms with van der Waals surface area (Å²) in [6.07, 6.45) is 1.94. The van der Waals surface area contributed by atoms with Crippen molar-refractivity contribution in [3.05, 3.63) is 47.3 Å². The minimum Gasteiger partial charge on any atom is -0.384 e. The molecular weight excluding hydrogens is 326 g/mol. The summed E-state index contributed by atoms with van der Waals surface area (Å²) in [5.74, 6) is -0.0499. The van der Waals surface area contributed by atoms with Crippen LogP contribution in [0.1, 0.15) is 29.7 Å². The Kier molecular flexibility index (Phi) is 4.76. The van der Waals surface area contributed by atoms with Gasteiger partial charge in [0.15, 0.2) is 0 Å². The number of fused-ring (bicyclic) bond motifs is 1. The van der Waals surface area contributed by atoms with E-state index >= 15 is 0 Å². The standard InChI is InChI=1S/C17H23N3O3S/c1-4-19-9-14-10-20(11-15(12-23-3)17(14)18-19)24(21,22)16-7-5-6-13(2)8-16/h5-9,15H,4,10-12H2,1-3H3/t15-/m0/s1. The van der Waals surface area contributed by atoms with Crippen LogP contribution in [0, 0.1) is 6.92 Å². The van der Waals surface area contributed by atoms with Gasteiger partial charge >= 0.3 is 0 Å². The Morgan fingerprint density at radius 3 is 2.83 bits per heavy atom. The van der Waals surface area contributed by atoms with Gasteiger partial charge in [-0.25, -0.2) is 8.42 Å². The van der Waals surface area contributed by atoms with Crippen molar-refractivity contribution in [2.45, 2.75) is 37.8 Å². The molecule has 0 unspecified atom stereocenters. The first-order chi connectivity index (χ1) is 11.5. The van der Waals surface area contributed by atoms with Crippen molar-refractivity contribution in [3.63, 3.8) is 0 Å². The SMILES string of the molecule is CCn1cc2c(n1)[C@H](COC)CN(S(=O)(=O)c1cccc(C)c1)C2. The number of benzene rings is 1. The summed E-state index contributed by atoms with van der Waals surface area (Å²) in [5, 5.41) is 4.59. The molecule has 1 aromatic heterocycles. The van der Waals surface area contributed by atoms with Crippen molar-refractivity contribution >= 4 is 10.0 Å². The monoisotopic (exact) mass is 349 g/mol. The predicted molar refractivity (Wildman–Crippen MR) is 91.3 cm³/mol. The van der Waals surface area contributed by atoms with E-state index < -0.39 is 10.0 Å². The van der Waals surface area contributed by atoms with Crippen LogP contribution >= 0.6 is 0 Å². The number of ether oxygens (including phenoxy) is 1. The first-order valence-corrected chi connectivity index (χ1v) is 9.51. The second-order valence-corrected chi connectivity index (χ2v) is 8.10. The van der Waals surface area contributed by atoms with Gasteiger partial charge in [0, 0.05) is 44.4 Å². The highest BCUT2D eigenvalue weighted by atomic mass is 32.2. The lowest BCUT2D eigenvalue weighted by atomic mass is 9.99. The van der Waals surface area contributed by atoms with Crippen LogP contribution in [0.25, 0.3) is 0 Å². The van der Waals surface area contributed by atoms with Gasteiger partial charge in [0.25, 0.3) is 0 Å². The van der Waals surface area contributed by atoms with Crippen LogP contribution in [0.15, 0.2) is 35.4 Å². The van der Waals surface area contributed by atoms with Gasteiger partial charge in [0.05, 0.1) is 17.2 Å². The molecule has 0 saturated carbocycles. The van der Waals surface area contributed by atoms with Gasteiger partial charge in [-0.3, -0.25) is 4.68 Å². The Bertz CT molecular complexity index is 829. The van der Waals surface area contributed by atoms with Crippen LogP contribution < -0.4 is 0 Å². The Balaban J connectivity index is 1.97. The molecule has 0 N–H and O–H groups in total. The third-order valence-electron chi connectivity index (χ3n) is 4.35. The third-order valence-corrected chi connectivity index (χ3v) is 6.15. The van der Waals surface area contributed by atoms with Gasteiger partial charge < -0.3 is 4.74 Å². The number of rotatable bonds is 5. The van der Waals surface area contributed by atoms with Crippen molar-refractivity contribution < 1.29 is 13.2 Å². The summed E-state index contributed by atoms with van der Waals surface area (Å²) in [6, 6.07) is 7.04. The quantitative estimate of drug-likeness (QED) is 0.830. The summed E-state index contributed by atoms with van der Waals surface area (Å²) in [7, 11) is -1.91. The molecule has 0 saturated heterocycles. The zero-order valence-corrected chi connectivity index (χ0v) is 15.1. The number of methoxy groups -OCH3 is 1. The normalized spacial score (nSPS) is 18.5. The second-order valence-electron chi connectivity index (χ2n) is 6.16. The molecule has 3 rings (SSSR count). The smallest absolute Gasteiger partial charge is 0.243 e. The van der Waals surface area contributed by atoms with Gasteiger partial charge in [-0.15, -0.1) is 0 Å². The molecule has 1 atom stereocenters. The molecule has 24 heavy (non-hydrogen) atoms. The third kappa shape index (κ3) is 3.11. The number of nitrogens with zero attached hydrogens (tertiary/aromatic N) is 3. The highest BCUT2D eigenvalue weighted by Gasteiger charge is 2.35. The van der Waals surface area contributed by atoms with E-state index in [0.717, 1.165) is 23.4 Å². The highest BCUT2D eigenvalue weighted by molar-refractivity contribution is 7.89. The fourth-order valence-electron chi connectivity index (χ4n) is 3.13. The lowest BCUT2D eigenvalue weighted by Crippen LogP contribution is -2.39. The van der Waals surface area contributed by atoms with Crippen molar-refractivity contribution in [1.29, 1.82) is 0 Å². The van der Waals surface area contributed by atoms with Crippen LogP contribution in [0.3, 0.4) is 0 Å². The van der Waals surface area contributed by atoms with E-state index in [2.05, 4.69) is 5.10 Å². The van der Waals surface area contributed by atoms with Gasteiger partial charge in [-0.2, -0.15) is 9.40 Å². The van der Waals surface area contributed by atoms with Crippen molar-refractivity contribution in [2.75, 3.05) is 20.3 Å². The summed E-state index contributed by atoms with van der Waals surface area (Å²) in [6.45, 7) is 5.87. The first kappa shape index (κ1) is 17.1. The Morgan fingerprint density at radius 1 is 1.38 bits per heavy atom. The van der Waals surface area contributed by atoms with Crippen LogP contribution in [0.4, 0.5) is 0 Å². The summed E-state index contributed by atoms with van der Waals surface area (Å²) in [4.78, 5) is 0.338. The highest BCUT2D eigenvalue weighted by Crippen LogP contribution is 2.31. The maximum atomic E-state index is 13.0. The molecule has 2 heterocycles. The maximum absolute atomic E-state index is 13.0. The Morgan fingerprint density at radius 2 is 2.17 bits per heavy atom. The maximum Gasteiger partial charge on any atom is 0.243 e. The van der Waals surface area contributed by atoms with E-state index in [-0.39, 0.29) is 5.92 Å². The molecule has 2 aromatic rings. The molecule has 1 aromatic carbocycles. The summed E-state index contributed by atoms with van der Waals surface area (Å²) >= 11 is 0. The number of sulfonamides is 1. The molecular formula is C17H23N3O3S. The van der Waals surface area contributed by atoms with E-state index in [0.29, 0.717) is 24.6 Å². The topological polar surface area (TPSA) is 64.4 Å². The van der Waals surface area contributed by atoms with Gasteiger partial charge in [-0.1, -0.05) is 12.1 Å². The average molecular weight is 349 g/mol. The van der Waals surface area contributed by atoms with Gasteiger partial charge in [-0.05, 0) is 31.5 Å². The van der Waals surface area contributed by atoms with E-state index in [1.54, 1.807) is 25.3 Å². The fourth-order valence-corrected chi connectivity index (χ4v) is 4.70. The van der Waals surface area contributed by atoms with Crippen LogP contribution in [-0.4, -0.2) is 42.8 Å². The predicted octanol–water partition coefficient (Wildman–Crippen LogP) is 2.15. The van der Waals surface area contributed by atoms with Gasteiger partial charge in [0.2, 0.25) is 10.0 Å². The Hall–Kier alpha value is -1.70. The van der Waals surface area contributed by atoms with Crippen molar-refractivity contribution in [3.8, 4) is 0 Å². The molecule has 1 aliphatic rings. The lowest BCUT2D eigenvalue weighted by Gasteiger charge is -2.31. The number of hydrogen-bond donors (Lipinski definition) is 0. The minimum atomic E-state index is -3.54. The number of aromatic nitrogens is 2. The molecule has 0 bridgehead atoms. The molecule has 7 heteroatoms. The Labute approximate surface area is 143 Å². The van der Waals surface area contributed by atoms with Gasteiger partial charge in [0.1, 0.15) is 0 Å². The van der Waals surface area contributed by atoms with E-state index in [1.807, 2.05) is 30.8 Å². The molecule has 0 amide bonds. The minimum absolute atomic E-state index is 0.0499. The molecule has 6 nitrogen and oxygen atoms in total. The molecule has 0 aliphatic carbocycles. The van der Waals surface area contributed by atoms with E-state index in [1.165, 1.54) is 4.31 Å². The summed E-state index contributed by atoms with van der Waals surface area (Å²) in [5.41, 5.74) is 2.84. The second kappa shape index (κ2) is 6.66. The van der Waals surface area contributed by atoms with Crippen molar-refractivity contribution in [1.82, 2.24) is 14.1 Å². The molecule has 130 valence electrons. The van der Waals surface area contributed by atoms with E-state index in [4.69, 9.17) is 4.74 Å². The number of hydrogen-bond acceptors (Lipinski definition) is 4. The zero-order chi connectivity index (χ0) is 17.3. The fraction of sp³-hybridized carbons (Fsp3) is 0.471. The number of aryl methyl sites for hydroxylation is 2.